The van der Waals surface area contributed by atoms with Crippen molar-refractivity contribution in [2.75, 3.05) is 0 Å². The zero-order valence-electron chi connectivity index (χ0n) is 10.1. The number of hydrogen-bond acceptors (Lipinski definition) is 3. The molecule has 0 atom stereocenters. The Bertz CT molecular complexity index is 731. The van der Waals surface area contributed by atoms with Crippen molar-refractivity contribution in [3.8, 4) is 0 Å². The van der Waals surface area contributed by atoms with Crippen molar-refractivity contribution in [1.29, 1.82) is 0 Å². The first-order chi connectivity index (χ1) is 9.49. The summed E-state index contributed by atoms with van der Waals surface area (Å²) < 4.78 is 49.5. The second kappa shape index (κ2) is 5.79. The van der Waals surface area contributed by atoms with Crippen LogP contribution in [0.15, 0.2) is 58.5 Å². The van der Waals surface area contributed by atoms with Crippen LogP contribution in [0.25, 0.3) is 0 Å². The molecule has 0 fully saturated rings. The van der Waals surface area contributed by atoms with Crippen LogP contribution in [0.1, 0.15) is 5.56 Å². The molecule has 0 unspecified atom stereocenters. The molecular formula is C13H10F2N2O2S. The number of rotatable bonds is 4. The van der Waals surface area contributed by atoms with E-state index in [1.807, 2.05) is 4.83 Å². The molecule has 2 aromatic carbocycles. The highest BCUT2D eigenvalue weighted by Gasteiger charge is 2.11. The van der Waals surface area contributed by atoms with E-state index >= 15 is 0 Å². The molecule has 0 spiro atoms. The lowest BCUT2D eigenvalue weighted by molar-refractivity contribution is 0.580. The van der Waals surface area contributed by atoms with Crippen LogP contribution in [-0.2, 0) is 10.0 Å². The molecule has 0 aromatic heterocycles. The summed E-state index contributed by atoms with van der Waals surface area (Å²) in [6.45, 7) is 0. The van der Waals surface area contributed by atoms with E-state index in [4.69, 9.17) is 0 Å². The van der Waals surface area contributed by atoms with Gasteiger partial charge in [0.15, 0.2) is 0 Å². The topological polar surface area (TPSA) is 58.5 Å². The van der Waals surface area contributed by atoms with E-state index in [2.05, 4.69) is 5.10 Å². The molecule has 20 heavy (non-hydrogen) atoms. The zero-order chi connectivity index (χ0) is 14.6. The molecule has 0 aliphatic rings. The Labute approximate surface area is 114 Å². The fraction of sp³-hybridized carbons (Fsp3) is 0. The van der Waals surface area contributed by atoms with Gasteiger partial charge in [-0.15, -0.1) is 0 Å². The van der Waals surface area contributed by atoms with Crippen molar-refractivity contribution in [2.24, 2.45) is 5.10 Å². The van der Waals surface area contributed by atoms with Gasteiger partial charge in [0.05, 0.1) is 11.1 Å². The summed E-state index contributed by atoms with van der Waals surface area (Å²) in [7, 11) is -3.80. The van der Waals surface area contributed by atoms with Gasteiger partial charge < -0.3 is 0 Å². The molecule has 4 nitrogen and oxygen atoms in total. The molecule has 7 heteroatoms. The first-order valence-corrected chi connectivity index (χ1v) is 7.02. The SMILES string of the molecule is O=S(=O)(NN=Cc1ccc(F)cc1F)c1ccccc1. The van der Waals surface area contributed by atoms with Crippen LogP contribution in [0.2, 0.25) is 0 Å². The fourth-order valence-corrected chi connectivity index (χ4v) is 2.24. The Hall–Kier alpha value is -2.28. The molecule has 2 aromatic rings. The van der Waals surface area contributed by atoms with Crippen molar-refractivity contribution < 1.29 is 17.2 Å². The first kappa shape index (κ1) is 14.1. The van der Waals surface area contributed by atoms with Gasteiger partial charge in [-0.05, 0) is 24.3 Å². The van der Waals surface area contributed by atoms with Gasteiger partial charge in [-0.3, -0.25) is 0 Å². The van der Waals surface area contributed by atoms with E-state index in [1.54, 1.807) is 18.2 Å². The highest BCUT2D eigenvalue weighted by molar-refractivity contribution is 7.89. The van der Waals surface area contributed by atoms with Gasteiger partial charge in [-0.25, -0.2) is 13.6 Å². The summed E-state index contributed by atoms with van der Waals surface area (Å²) in [5.74, 6) is -1.54. The quantitative estimate of drug-likeness (QED) is 0.695. The monoisotopic (exact) mass is 296 g/mol. The predicted octanol–water partition coefficient (Wildman–Crippen LogP) is 2.28. The summed E-state index contributed by atoms with van der Waals surface area (Å²) >= 11 is 0. The van der Waals surface area contributed by atoms with Gasteiger partial charge in [-0.1, -0.05) is 18.2 Å². The molecule has 104 valence electrons. The second-order valence-electron chi connectivity index (χ2n) is 3.83. The van der Waals surface area contributed by atoms with Crippen LogP contribution in [0.5, 0.6) is 0 Å². The van der Waals surface area contributed by atoms with Crippen molar-refractivity contribution in [3.63, 3.8) is 0 Å². The number of nitrogens with one attached hydrogen (secondary N) is 1. The smallest absolute Gasteiger partial charge is 0.207 e. The number of hydrazone groups is 1. The van der Waals surface area contributed by atoms with Crippen LogP contribution in [-0.4, -0.2) is 14.6 Å². The van der Waals surface area contributed by atoms with E-state index in [0.29, 0.717) is 6.07 Å². The number of halogens is 2. The molecule has 0 heterocycles. The van der Waals surface area contributed by atoms with Gasteiger partial charge in [-0.2, -0.15) is 13.5 Å². The molecule has 0 aliphatic carbocycles. The van der Waals surface area contributed by atoms with E-state index < -0.39 is 21.7 Å². The number of benzene rings is 2. The van der Waals surface area contributed by atoms with Crippen molar-refractivity contribution in [3.05, 3.63) is 65.7 Å². The minimum absolute atomic E-state index is 0.0258. The zero-order valence-corrected chi connectivity index (χ0v) is 10.9. The molecule has 0 bridgehead atoms. The third-order valence-electron chi connectivity index (χ3n) is 2.39. The van der Waals surface area contributed by atoms with E-state index in [1.165, 1.54) is 12.1 Å². The first-order valence-electron chi connectivity index (χ1n) is 5.54. The molecule has 2 rings (SSSR count). The molecule has 0 saturated heterocycles. The molecule has 1 N–H and O–H groups in total. The third kappa shape index (κ3) is 3.39. The Kier molecular flexibility index (Phi) is 4.09. The van der Waals surface area contributed by atoms with Gasteiger partial charge in [0.2, 0.25) is 0 Å². The Morgan fingerprint density at radius 3 is 2.40 bits per heavy atom. The Morgan fingerprint density at radius 2 is 1.75 bits per heavy atom. The van der Waals surface area contributed by atoms with Gasteiger partial charge in [0.25, 0.3) is 10.0 Å². The highest BCUT2D eigenvalue weighted by atomic mass is 32.2. The average Bonchev–Trinajstić information content (AvgIpc) is 2.42. The predicted molar refractivity (Wildman–Crippen MR) is 70.7 cm³/mol. The molecule has 0 aliphatic heterocycles. The molecule has 0 saturated carbocycles. The normalized spacial score (nSPS) is 11.7. The maximum absolute atomic E-state index is 13.3. The maximum atomic E-state index is 13.3. The van der Waals surface area contributed by atoms with E-state index in [9.17, 15) is 17.2 Å². The van der Waals surface area contributed by atoms with Gasteiger partial charge in [0.1, 0.15) is 11.6 Å². The molecule has 0 amide bonds. The highest BCUT2D eigenvalue weighted by Crippen LogP contribution is 2.08. The van der Waals surface area contributed by atoms with E-state index in [0.717, 1.165) is 18.3 Å². The minimum Gasteiger partial charge on any atom is -0.207 e. The lowest BCUT2D eigenvalue weighted by atomic mass is 10.2. The standard InChI is InChI=1S/C13H10F2N2O2S/c14-11-7-6-10(13(15)8-11)9-16-17-20(18,19)12-4-2-1-3-5-12/h1-9,17H. The van der Waals surface area contributed by atoms with Gasteiger partial charge >= 0.3 is 0 Å². The van der Waals surface area contributed by atoms with Crippen LogP contribution in [0.3, 0.4) is 0 Å². The summed E-state index contributed by atoms with van der Waals surface area (Å²) in [6, 6.07) is 10.5. The van der Waals surface area contributed by atoms with Crippen LogP contribution >= 0.6 is 0 Å². The van der Waals surface area contributed by atoms with Crippen LogP contribution < -0.4 is 4.83 Å². The summed E-state index contributed by atoms with van der Waals surface area (Å²) in [6.07, 6.45) is 0.968. The van der Waals surface area contributed by atoms with Crippen molar-refractivity contribution in [1.82, 2.24) is 4.83 Å². The average molecular weight is 296 g/mol. The Balaban J connectivity index is 2.14. The number of hydrogen-bond donors (Lipinski definition) is 1. The molecule has 0 radical (unpaired) electrons. The van der Waals surface area contributed by atoms with Crippen molar-refractivity contribution >= 4 is 16.2 Å². The summed E-state index contributed by atoms with van der Waals surface area (Å²) in [4.78, 5) is 1.99. The van der Waals surface area contributed by atoms with E-state index in [-0.39, 0.29) is 10.5 Å². The van der Waals surface area contributed by atoms with Crippen LogP contribution in [0, 0.1) is 11.6 Å². The third-order valence-corrected chi connectivity index (χ3v) is 3.63. The summed E-state index contributed by atoms with van der Waals surface area (Å²) in [5, 5.41) is 3.45. The minimum atomic E-state index is -3.80. The molecular weight excluding hydrogens is 286 g/mol. The lowest BCUT2D eigenvalue weighted by Gasteiger charge is -2.02. The fourth-order valence-electron chi connectivity index (χ4n) is 1.42. The second-order valence-corrected chi connectivity index (χ2v) is 5.49. The largest absolute Gasteiger partial charge is 0.276 e. The summed E-state index contributed by atoms with van der Waals surface area (Å²) in [5.41, 5.74) is -0.0258. The number of nitrogens with zero attached hydrogens (tertiary/aromatic N) is 1. The van der Waals surface area contributed by atoms with Crippen molar-refractivity contribution in [2.45, 2.75) is 4.90 Å². The Morgan fingerprint density at radius 1 is 1.05 bits per heavy atom. The van der Waals surface area contributed by atoms with Crippen LogP contribution in [0.4, 0.5) is 8.78 Å². The lowest BCUT2D eigenvalue weighted by Crippen LogP contribution is -2.18. The maximum Gasteiger partial charge on any atom is 0.276 e. The number of sulfonamides is 1. The van der Waals surface area contributed by atoms with Gasteiger partial charge in [0, 0.05) is 11.6 Å².